The van der Waals surface area contributed by atoms with Gasteiger partial charge in [0.1, 0.15) is 0 Å². The minimum atomic E-state index is -1.62. The van der Waals surface area contributed by atoms with Crippen molar-refractivity contribution in [2.45, 2.75) is 45.4 Å². The molecule has 0 bridgehead atoms. The summed E-state index contributed by atoms with van der Waals surface area (Å²) in [5.41, 5.74) is 1.64. The normalized spacial score (nSPS) is 31.6. The summed E-state index contributed by atoms with van der Waals surface area (Å²) >= 11 is -1.62. The predicted octanol–water partition coefficient (Wildman–Crippen LogP) is 4.07. The van der Waals surface area contributed by atoms with Gasteiger partial charge in [-0.2, -0.15) is 0 Å². The average Bonchev–Trinajstić information content (AvgIpc) is 1.82. The molecule has 0 unspecified atom stereocenters. The van der Waals surface area contributed by atoms with Crippen LogP contribution in [0.25, 0.3) is 0 Å². The topological polar surface area (TPSA) is 0 Å². The van der Waals surface area contributed by atoms with Gasteiger partial charge >= 0.3 is 81.4 Å². The van der Waals surface area contributed by atoms with Crippen molar-refractivity contribution in [3.05, 3.63) is 11.6 Å². The molecule has 0 N–H and O–H groups in total. The van der Waals surface area contributed by atoms with Crippen molar-refractivity contribution in [1.82, 2.24) is 0 Å². The molecule has 1 rings (SSSR count). The van der Waals surface area contributed by atoms with E-state index in [1.54, 1.807) is 5.57 Å². The molecule has 0 saturated heterocycles. The van der Waals surface area contributed by atoms with Gasteiger partial charge in [0.15, 0.2) is 0 Å². The summed E-state index contributed by atoms with van der Waals surface area (Å²) in [4.78, 5) is 7.67. The molecule has 1 aliphatic carbocycles. The van der Waals surface area contributed by atoms with Crippen LogP contribution in [0.1, 0.15) is 26.7 Å². The zero-order chi connectivity index (χ0) is 9.35. The molecule has 0 heterocycles. The third-order valence-corrected chi connectivity index (χ3v) is 10.4. The van der Waals surface area contributed by atoms with Crippen LogP contribution in [-0.2, 0) is 0 Å². The van der Waals surface area contributed by atoms with E-state index in [9.17, 15) is 0 Å². The predicted molar refractivity (Wildman–Crippen MR) is 59.3 cm³/mol. The van der Waals surface area contributed by atoms with Gasteiger partial charge < -0.3 is 0 Å². The molecule has 0 amide bonds. The first-order valence-electron chi connectivity index (χ1n) is 5.07. The van der Waals surface area contributed by atoms with Gasteiger partial charge in [-0.05, 0) is 0 Å². The first-order valence-corrected chi connectivity index (χ1v) is 15.3. The van der Waals surface area contributed by atoms with E-state index >= 15 is 0 Å². The number of hydrogen-bond acceptors (Lipinski definition) is 0. The summed E-state index contributed by atoms with van der Waals surface area (Å²) < 4.78 is 1.00. The summed E-state index contributed by atoms with van der Waals surface area (Å²) in [6.45, 7) is 4.71. The Morgan fingerprint density at radius 2 is 1.92 bits per heavy atom. The van der Waals surface area contributed by atoms with Crippen LogP contribution in [-0.4, -0.2) is 18.4 Å². The summed E-state index contributed by atoms with van der Waals surface area (Å²) in [7, 11) is 0. The standard InChI is InChI=1S/C8H13.3CH3.Sn/c1-7-4-3-5-8(2)6-7;;;;/h3-4,8H,5-6H2,1-2H3;3*1H3;/t8-;;;;/m0..../s1. The van der Waals surface area contributed by atoms with Crippen molar-refractivity contribution in [3.63, 3.8) is 0 Å². The van der Waals surface area contributed by atoms with Crippen molar-refractivity contribution in [2.75, 3.05) is 0 Å². The van der Waals surface area contributed by atoms with Gasteiger partial charge in [0.05, 0.1) is 0 Å². The van der Waals surface area contributed by atoms with Crippen molar-refractivity contribution in [2.24, 2.45) is 5.92 Å². The first-order chi connectivity index (χ1) is 5.39. The third-order valence-electron chi connectivity index (χ3n) is 2.92. The maximum atomic E-state index is 2.58. The van der Waals surface area contributed by atoms with Crippen LogP contribution in [0.2, 0.25) is 18.8 Å². The van der Waals surface area contributed by atoms with E-state index in [1.165, 1.54) is 12.8 Å². The third kappa shape index (κ3) is 2.79. The SMILES string of the molecule is CC1=C[C@H]([Sn]([CH3])([CH3])[CH3])C[C@H](C)C1. The van der Waals surface area contributed by atoms with Crippen molar-refractivity contribution < 1.29 is 0 Å². The fourth-order valence-corrected chi connectivity index (χ4v) is 7.56. The summed E-state index contributed by atoms with van der Waals surface area (Å²) in [5.74, 6) is 0.941. The Hall–Kier alpha value is 0.539. The van der Waals surface area contributed by atoms with Gasteiger partial charge in [0.25, 0.3) is 0 Å². The zero-order valence-electron chi connectivity index (χ0n) is 9.15. The minimum absolute atomic E-state index is 0.941. The van der Waals surface area contributed by atoms with Gasteiger partial charge in [0, 0.05) is 0 Å². The van der Waals surface area contributed by atoms with E-state index in [2.05, 4.69) is 34.7 Å². The molecule has 2 atom stereocenters. The second-order valence-electron chi connectivity index (χ2n) is 5.53. The van der Waals surface area contributed by atoms with Gasteiger partial charge in [-0.25, -0.2) is 0 Å². The fourth-order valence-electron chi connectivity index (χ4n) is 2.15. The van der Waals surface area contributed by atoms with E-state index in [0.29, 0.717) is 0 Å². The molecule has 0 saturated carbocycles. The molecule has 1 heteroatoms. The first kappa shape index (κ1) is 10.6. The van der Waals surface area contributed by atoms with Gasteiger partial charge in [-0.3, -0.25) is 0 Å². The Balaban J connectivity index is 2.73. The molecule has 0 radical (unpaired) electrons. The number of allylic oxidation sites excluding steroid dienone is 2. The Bertz CT molecular complexity index is 186. The fraction of sp³-hybridized carbons (Fsp3) is 0.818. The van der Waals surface area contributed by atoms with Crippen molar-refractivity contribution in [1.29, 1.82) is 0 Å². The summed E-state index contributed by atoms with van der Waals surface area (Å²) in [6.07, 6.45) is 5.39. The van der Waals surface area contributed by atoms with Gasteiger partial charge in [0.2, 0.25) is 0 Å². The maximum absolute atomic E-state index is 2.58. The molecule has 0 spiro atoms. The molecule has 70 valence electrons. The van der Waals surface area contributed by atoms with E-state index in [-0.39, 0.29) is 0 Å². The molecule has 0 aromatic rings. The number of hydrogen-bond donors (Lipinski definition) is 0. The molecule has 12 heavy (non-hydrogen) atoms. The molecular formula is C11H22Sn. The Kier molecular flexibility index (Phi) is 3.30. The number of rotatable bonds is 1. The molecule has 0 aromatic heterocycles. The van der Waals surface area contributed by atoms with Crippen LogP contribution in [0.3, 0.4) is 0 Å². The Morgan fingerprint density at radius 1 is 1.33 bits per heavy atom. The van der Waals surface area contributed by atoms with Crippen LogP contribution in [0.5, 0.6) is 0 Å². The second-order valence-corrected chi connectivity index (χ2v) is 21.2. The van der Waals surface area contributed by atoms with E-state index < -0.39 is 18.4 Å². The quantitative estimate of drug-likeness (QED) is 0.499. The summed E-state index contributed by atoms with van der Waals surface area (Å²) in [5, 5.41) is 0. The van der Waals surface area contributed by atoms with E-state index in [0.717, 1.165) is 9.85 Å². The van der Waals surface area contributed by atoms with Crippen LogP contribution in [0.15, 0.2) is 11.6 Å². The zero-order valence-corrected chi connectivity index (χ0v) is 12.0. The van der Waals surface area contributed by atoms with Crippen LogP contribution in [0, 0.1) is 5.92 Å². The molecule has 1 aliphatic rings. The van der Waals surface area contributed by atoms with E-state index in [1.807, 2.05) is 0 Å². The molecule has 0 nitrogen and oxygen atoms in total. The molecular weight excluding hydrogens is 251 g/mol. The van der Waals surface area contributed by atoms with Crippen LogP contribution < -0.4 is 0 Å². The monoisotopic (exact) mass is 274 g/mol. The van der Waals surface area contributed by atoms with Gasteiger partial charge in [-0.1, -0.05) is 0 Å². The Labute approximate surface area is 81.3 Å². The van der Waals surface area contributed by atoms with Crippen LogP contribution in [0.4, 0.5) is 0 Å². The molecule has 0 aliphatic heterocycles. The van der Waals surface area contributed by atoms with E-state index in [4.69, 9.17) is 0 Å². The van der Waals surface area contributed by atoms with Crippen LogP contribution >= 0.6 is 0 Å². The van der Waals surface area contributed by atoms with Crippen molar-refractivity contribution in [3.8, 4) is 0 Å². The molecule has 0 aromatic carbocycles. The van der Waals surface area contributed by atoms with Crippen molar-refractivity contribution >= 4 is 18.4 Å². The summed E-state index contributed by atoms with van der Waals surface area (Å²) in [6, 6.07) is 0. The molecule has 0 fully saturated rings. The Morgan fingerprint density at radius 3 is 2.33 bits per heavy atom. The van der Waals surface area contributed by atoms with Gasteiger partial charge in [-0.15, -0.1) is 0 Å². The second kappa shape index (κ2) is 3.73. The average molecular weight is 273 g/mol.